The number of anilines is 1. The van der Waals surface area contributed by atoms with Gasteiger partial charge in [-0.25, -0.2) is 4.99 Å². The number of nitrogens with zero attached hydrogens (tertiary/aromatic N) is 2. The molecular formula is C21H22ClN3. The fourth-order valence-electron chi connectivity index (χ4n) is 2.49. The molecule has 3 rings (SSSR count). The van der Waals surface area contributed by atoms with Crippen molar-refractivity contribution in [2.24, 2.45) is 9.98 Å². The molecule has 1 heterocycles. The maximum Gasteiger partial charge on any atom is 0.156 e. The summed E-state index contributed by atoms with van der Waals surface area (Å²) < 4.78 is 0. The summed E-state index contributed by atoms with van der Waals surface area (Å²) >= 11 is 5.97. The van der Waals surface area contributed by atoms with Crippen molar-refractivity contribution in [2.75, 3.05) is 5.32 Å². The maximum absolute atomic E-state index is 5.97. The minimum atomic E-state index is -0.184. The third-order valence-electron chi connectivity index (χ3n) is 3.66. The van der Waals surface area contributed by atoms with E-state index in [1.165, 1.54) is 5.56 Å². The van der Waals surface area contributed by atoms with E-state index in [0.29, 0.717) is 5.02 Å². The molecule has 3 nitrogen and oxygen atoms in total. The molecule has 25 heavy (non-hydrogen) atoms. The van der Waals surface area contributed by atoms with E-state index in [1.54, 1.807) is 0 Å². The molecule has 0 amide bonds. The van der Waals surface area contributed by atoms with Gasteiger partial charge in [0.05, 0.1) is 11.2 Å². The van der Waals surface area contributed by atoms with Gasteiger partial charge >= 0.3 is 0 Å². The van der Waals surface area contributed by atoms with E-state index in [-0.39, 0.29) is 5.54 Å². The molecule has 2 aromatic carbocycles. The standard InChI is InChI=1S/C21H22ClN3/c1-14-5-7-15(8-6-14)18-13-19(25-21(2,3)4)20(24-18)23-17-11-9-16(22)10-12-17/h5-13H,1-4H3,(H,23,24,25). The summed E-state index contributed by atoms with van der Waals surface area (Å²) in [5, 5.41) is 4.07. The van der Waals surface area contributed by atoms with Gasteiger partial charge in [0.1, 0.15) is 5.71 Å². The van der Waals surface area contributed by atoms with Crippen molar-refractivity contribution >= 4 is 34.5 Å². The normalized spacial score (nSPS) is 16.0. The minimum Gasteiger partial charge on any atom is -0.338 e. The first-order valence-corrected chi connectivity index (χ1v) is 8.68. The van der Waals surface area contributed by atoms with Crippen molar-refractivity contribution in [1.29, 1.82) is 0 Å². The summed E-state index contributed by atoms with van der Waals surface area (Å²) in [7, 11) is 0. The summed E-state index contributed by atoms with van der Waals surface area (Å²) in [5.74, 6) is 0.757. The topological polar surface area (TPSA) is 36.8 Å². The van der Waals surface area contributed by atoms with Gasteiger partial charge in [0.25, 0.3) is 0 Å². The van der Waals surface area contributed by atoms with Crippen LogP contribution in [0.4, 0.5) is 5.69 Å². The van der Waals surface area contributed by atoms with E-state index in [0.717, 1.165) is 28.5 Å². The molecule has 0 atom stereocenters. The SMILES string of the molecule is Cc1ccc(C2=CC(=NC(C)(C)C)C(Nc3ccc(Cl)cc3)=N2)cc1. The van der Waals surface area contributed by atoms with Gasteiger partial charge in [0.2, 0.25) is 0 Å². The highest BCUT2D eigenvalue weighted by atomic mass is 35.5. The summed E-state index contributed by atoms with van der Waals surface area (Å²) in [5.41, 5.74) is 4.84. The number of halogens is 1. The first kappa shape index (κ1) is 17.4. The van der Waals surface area contributed by atoms with Crippen molar-refractivity contribution in [3.63, 3.8) is 0 Å². The van der Waals surface area contributed by atoms with E-state index in [9.17, 15) is 0 Å². The Labute approximate surface area is 154 Å². The number of nitrogens with one attached hydrogen (secondary N) is 1. The lowest BCUT2D eigenvalue weighted by molar-refractivity contribution is 0.585. The van der Waals surface area contributed by atoms with Crippen molar-refractivity contribution in [1.82, 2.24) is 0 Å². The van der Waals surface area contributed by atoms with Gasteiger partial charge < -0.3 is 5.32 Å². The zero-order valence-corrected chi connectivity index (χ0v) is 15.7. The molecule has 0 unspecified atom stereocenters. The molecule has 0 bridgehead atoms. The predicted octanol–water partition coefficient (Wildman–Crippen LogP) is 5.75. The fourth-order valence-corrected chi connectivity index (χ4v) is 2.61. The van der Waals surface area contributed by atoms with Crippen LogP contribution in [0.5, 0.6) is 0 Å². The highest BCUT2D eigenvalue weighted by molar-refractivity contribution is 6.53. The van der Waals surface area contributed by atoms with E-state index in [2.05, 4.69) is 57.3 Å². The van der Waals surface area contributed by atoms with Crippen LogP contribution >= 0.6 is 11.6 Å². The largest absolute Gasteiger partial charge is 0.338 e. The second kappa shape index (κ2) is 6.85. The van der Waals surface area contributed by atoms with E-state index < -0.39 is 0 Å². The molecule has 1 aliphatic rings. The molecule has 0 saturated carbocycles. The molecule has 0 saturated heterocycles. The Bertz CT molecular complexity index is 852. The van der Waals surface area contributed by atoms with Gasteiger partial charge in [-0.15, -0.1) is 0 Å². The van der Waals surface area contributed by atoms with Gasteiger partial charge in [-0.05, 0) is 58.0 Å². The summed E-state index contributed by atoms with van der Waals surface area (Å²) in [6.45, 7) is 8.32. The summed E-state index contributed by atoms with van der Waals surface area (Å²) in [6, 6.07) is 15.9. The second-order valence-electron chi connectivity index (χ2n) is 7.16. The highest BCUT2D eigenvalue weighted by Crippen LogP contribution is 2.24. The zero-order chi connectivity index (χ0) is 18.0. The molecule has 0 fully saturated rings. The second-order valence-corrected chi connectivity index (χ2v) is 7.59. The van der Waals surface area contributed by atoms with Crippen molar-refractivity contribution in [2.45, 2.75) is 33.2 Å². The van der Waals surface area contributed by atoms with Gasteiger partial charge in [0.15, 0.2) is 5.84 Å². The maximum atomic E-state index is 5.97. The number of aryl methyl sites for hydroxylation is 1. The average molecular weight is 352 g/mol. The van der Waals surface area contributed by atoms with E-state index in [1.807, 2.05) is 30.3 Å². The average Bonchev–Trinajstić information content (AvgIpc) is 2.91. The highest BCUT2D eigenvalue weighted by Gasteiger charge is 2.20. The number of hydrogen-bond donors (Lipinski definition) is 1. The number of amidine groups is 1. The zero-order valence-electron chi connectivity index (χ0n) is 15.0. The smallest absolute Gasteiger partial charge is 0.156 e. The number of hydrogen-bond acceptors (Lipinski definition) is 3. The Balaban J connectivity index is 1.95. The molecule has 0 aliphatic carbocycles. The first-order valence-electron chi connectivity index (χ1n) is 8.30. The van der Waals surface area contributed by atoms with E-state index in [4.69, 9.17) is 21.6 Å². The van der Waals surface area contributed by atoms with Crippen LogP contribution < -0.4 is 5.32 Å². The van der Waals surface area contributed by atoms with Crippen LogP contribution in [-0.4, -0.2) is 17.1 Å². The number of rotatable bonds is 2. The fraction of sp³-hybridized carbons (Fsp3) is 0.238. The molecule has 128 valence electrons. The first-order chi connectivity index (χ1) is 11.8. The van der Waals surface area contributed by atoms with Gasteiger partial charge in [-0.2, -0.15) is 0 Å². The Morgan fingerprint density at radius 3 is 2.20 bits per heavy atom. The van der Waals surface area contributed by atoms with Crippen LogP contribution in [0.2, 0.25) is 5.02 Å². The van der Waals surface area contributed by atoms with E-state index >= 15 is 0 Å². The lowest BCUT2D eigenvalue weighted by atomic mass is 10.1. The van der Waals surface area contributed by atoms with Crippen LogP contribution in [-0.2, 0) is 0 Å². The molecule has 0 aromatic heterocycles. The van der Waals surface area contributed by atoms with Crippen LogP contribution in [0.15, 0.2) is 64.6 Å². The predicted molar refractivity (Wildman–Crippen MR) is 109 cm³/mol. The molecular weight excluding hydrogens is 330 g/mol. The summed E-state index contributed by atoms with van der Waals surface area (Å²) in [4.78, 5) is 9.59. The van der Waals surface area contributed by atoms with Crippen LogP contribution in [0.1, 0.15) is 31.9 Å². The van der Waals surface area contributed by atoms with Gasteiger partial charge in [0, 0.05) is 16.3 Å². The lowest BCUT2D eigenvalue weighted by Gasteiger charge is -2.14. The Morgan fingerprint density at radius 2 is 1.60 bits per heavy atom. The number of aliphatic imine (C=N–C) groups is 2. The molecule has 4 heteroatoms. The minimum absolute atomic E-state index is 0.184. The molecule has 0 spiro atoms. The third-order valence-corrected chi connectivity index (χ3v) is 3.91. The van der Waals surface area contributed by atoms with Crippen molar-refractivity contribution in [3.05, 3.63) is 70.8 Å². The Hall–Kier alpha value is -2.39. The lowest BCUT2D eigenvalue weighted by Crippen LogP contribution is -2.23. The van der Waals surface area contributed by atoms with Gasteiger partial charge in [-0.1, -0.05) is 41.4 Å². The monoisotopic (exact) mass is 351 g/mol. The molecule has 1 aliphatic heterocycles. The molecule has 1 N–H and O–H groups in total. The van der Waals surface area contributed by atoms with Crippen LogP contribution in [0.25, 0.3) is 5.70 Å². The van der Waals surface area contributed by atoms with Crippen LogP contribution in [0.3, 0.4) is 0 Å². The summed E-state index contributed by atoms with van der Waals surface area (Å²) in [6.07, 6.45) is 2.04. The van der Waals surface area contributed by atoms with Gasteiger partial charge in [-0.3, -0.25) is 4.99 Å². The third kappa shape index (κ3) is 4.58. The molecule has 2 aromatic rings. The van der Waals surface area contributed by atoms with Crippen LogP contribution in [0, 0.1) is 6.92 Å². The Kier molecular flexibility index (Phi) is 4.78. The Morgan fingerprint density at radius 1 is 0.960 bits per heavy atom. The van der Waals surface area contributed by atoms with Crippen molar-refractivity contribution < 1.29 is 0 Å². The number of benzene rings is 2. The van der Waals surface area contributed by atoms with Crippen molar-refractivity contribution in [3.8, 4) is 0 Å². The molecule has 0 radical (unpaired) electrons. The quantitative estimate of drug-likeness (QED) is 0.734.